The van der Waals surface area contributed by atoms with Crippen LogP contribution in [0.25, 0.3) is 11.6 Å². The van der Waals surface area contributed by atoms with Crippen molar-refractivity contribution in [3.05, 3.63) is 93.5 Å². The molecule has 8 nitrogen and oxygen atoms in total. The van der Waals surface area contributed by atoms with E-state index in [0.29, 0.717) is 16.7 Å². The fourth-order valence-corrected chi connectivity index (χ4v) is 5.09. The smallest absolute Gasteiger partial charge is 0.404 e. The summed E-state index contributed by atoms with van der Waals surface area (Å²) in [6, 6.07) is 16.2. The van der Waals surface area contributed by atoms with Gasteiger partial charge in [-0.2, -0.15) is 0 Å². The molecule has 0 saturated carbocycles. The predicted octanol–water partition coefficient (Wildman–Crippen LogP) is 5.24. The Labute approximate surface area is 197 Å². The zero-order valence-electron chi connectivity index (χ0n) is 18.7. The standard InChI is InChI=1S/C24H24O8P2/c1-14-4-6-17(7-5-14)21-13-19-9-16(3)11-22(32-34(28,29)30)24(19)23(21)18-8-15(2)10-20(12-18)31-33(25,26)27/h4-13,23H,1-3H3,(H2,25,26,27)(H2,28,29,30)/t23-/m0/s1. The third kappa shape index (κ3) is 5.50. The van der Waals surface area contributed by atoms with Crippen LogP contribution in [0.15, 0.2) is 54.6 Å². The van der Waals surface area contributed by atoms with Crippen molar-refractivity contribution in [3.8, 4) is 11.5 Å². The second kappa shape index (κ2) is 8.82. The van der Waals surface area contributed by atoms with Crippen molar-refractivity contribution < 1.29 is 37.8 Å². The topological polar surface area (TPSA) is 134 Å². The lowest BCUT2D eigenvalue weighted by Crippen LogP contribution is -2.06. The molecule has 1 atom stereocenters. The summed E-state index contributed by atoms with van der Waals surface area (Å²) >= 11 is 0. The molecule has 0 fully saturated rings. The van der Waals surface area contributed by atoms with Crippen LogP contribution < -0.4 is 9.05 Å². The summed E-state index contributed by atoms with van der Waals surface area (Å²) in [6.45, 7) is 5.54. The van der Waals surface area contributed by atoms with Crippen molar-refractivity contribution in [3.63, 3.8) is 0 Å². The zero-order valence-corrected chi connectivity index (χ0v) is 20.5. The van der Waals surface area contributed by atoms with Crippen LogP contribution in [0.2, 0.25) is 0 Å². The number of phosphoric acid groups is 2. The maximum absolute atomic E-state index is 11.8. The van der Waals surface area contributed by atoms with Crippen molar-refractivity contribution in [2.24, 2.45) is 0 Å². The van der Waals surface area contributed by atoms with E-state index in [-0.39, 0.29) is 11.5 Å². The van der Waals surface area contributed by atoms with Crippen LogP contribution in [0.1, 0.15) is 44.9 Å². The monoisotopic (exact) mass is 502 g/mol. The molecule has 4 rings (SSSR count). The molecular formula is C24H24O8P2. The average molecular weight is 502 g/mol. The van der Waals surface area contributed by atoms with Crippen molar-refractivity contribution in [1.29, 1.82) is 0 Å². The Morgan fingerprint density at radius 1 is 0.735 bits per heavy atom. The van der Waals surface area contributed by atoms with Crippen LogP contribution in [0.4, 0.5) is 0 Å². The van der Waals surface area contributed by atoms with Crippen molar-refractivity contribution in [2.75, 3.05) is 0 Å². The Hall–Kier alpha value is -2.70. The molecule has 1 aliphatic carbocycles. The van der Waals surface area contributed by atoms with Gasteiger partial charge >= 0.3 is 15.6 Å². The Kier molecular flexibility index (Phi) is 6.34. The van der Waals surface area contributed by atoms with Gasteiger partial charge in [0.2, 0.25) is 0 Å². The van der Waals surface area contributed by atoms with E-state index in [1.165, 1.54) is 12.1 Å². The van der Waals surface area contributed by atoms with E-state index in [4.69, 9.17) is 9.05 Å². The zero-order chi connectivity index (χ0) is 24.8. The highest BCUT2D eigenvalue weighted by Gasteiger charge is 2.34. The summed E-state index contributed by atoms with van der Waals surface area (Å²) in [5.74, 6) is -0.492. The molecule has 0 radical (unpaired) electrons. The van der Waals surface area contributed by atoms with Crippen LogP contribution in [0, 0.1) is 20.8 Å². The number of rotatable bonds is 6. The predicted molar refractivity (Wildman–Crippen MR) is 129 cm³/mol. The highest BCUT2D eigenvalue weighted by Crippen LogP contribution is 2.53. The SMILES string of the molecule is Cc1ccc(C2=Cc3cc(C)cc(OP(=O)(O)O)c3[C@H]2c2cc(C)cc(OP(=O)(O)O)c2)cc1. The number of allylic oxidation sites excluding steroid dienone is 1. The van der Waals surface area contributed by atoms with E-state index >= 15 is 0 Å². The number of hydrogen-bond acceptors (Lipinski definition) is 4. The summed E-state index contributed by atoms with van der Waals surface area (Å²) in [7, 11) is -9.64. The summed E-state index contributed by atoms with van der Waals surface area (Å²) in [5, 5.41) is 0. The molecule has 0 spiro atoms. The van der Waals surface area contributed by atoms with Crippen LogP contribution in [-0.4, -0.2) is 19.6 Å². The van der Waals surface area contributed by atoms with Crippen LogP contribution in [-0.2, 0) is 9.13 Å². The van der Waals surface area contributed by atoms with Gasteiger partial charge in [0.1, 0.15) is 11.5 Å². The number of benzene rings is 3. The molecular weight excluding hydrogens is 478 g/mol. The van der Waals surface area contributed by atoms with Gasteiger partial charge in [-0.25, -0.2) is 9.13 Å². The first-order valence-electron chi connectivity index (χ1n) is 10.3. The maximum atomic E-state index is 11.8. The summed E-state index contributed by atoms with van der Waals surface area (Å²) in [6.07, 6.45) is 1.94. The number of fused-ring (bicyclic) bond motifs is 1. The van der Waals surface area contributed by atoms with Gasteiger partial charge in [0, 0.05) is 11.5 Å². The van der Waals surface area contributed by atoms with E-state index in [0.717, 1.165) is 27.8 Å². The van der Waals surface area contributed by atoms with Crippen molar-refractivity contribution >= 4 is 27.3 Å². The molecule has 0 heterocycles. The molecule has 34 heavy (non-hydrogen) atoms. The molecule has 0 saturated heterocycles. The Morgan fingerprint density at radius 3 is 1.97 bits per heavy atom. The minimum absolute atomic E-state index is 0.00962. The summed E-state index contributed by atoms with van der Waals surface area (Å²) in [4.78, 5) is 37.7. The van der Waals surface area contributed by atoms with Gasteiger partial charge in [0.25, 0.3) is 0 Å². The van der Waals surface area contributed by atoms with Gasteiger partial charge in [-0.3, -0.25) is 19.6 Å². The van der Waals surface area contributed by atoms with Gasteiger partial charge in [-0.05, 0) is 78.4 Å². The normalized spacial score (nSPS) is 15.6. The van der Waals surface area contributed by atoms with Gasteiger partial charge in [0.05, 0.1) is 0 Å². The van der Waals surface area contributed by atoms with Gasteiger partial charge in [0.15, 0.2) is 0 Å². The summed E-state index contributed by atoms with van der Waals surface area (Å²) < 4.78 is 33.2. The summed E-state index contributed by atoms with van der Waals surface area (Å²) in [5.41, 5.74) is 6.20. The lowest BCUT2D eigenvalue weighted by atomic mass is 9.84. The van der Waals surface area contributed by atoms with E-state index < -0.39 is 21.6 Å². The molecule has 0 bridgehead atoms. The number of aryl methyl sites for hydroxylation is 3. The Balaban J connectivity index is 1.95. The van der Waals surface area contributed by atoms with E-state index in [9.17, 15) is 28.7 Å². The van der Waals surface area contributed by atoms with E-state index in [1.807, 2.05) is 49.4 Å². The molecule has 3 aromatic rings. The van der Waals surface area contributed by atoms with Crippen LogP contribution >= 0.6 is 15.6 Å². The molecule has 10 heteroatoms. The lowest BCUT2D eigenvalue weighted by molar-refractivity contribution is 0.280. The van der Waals surface area contributed by atoms with E-state index in [2.05, 4.69) is 0 Å². The molecule has 4 N–H and O–H groups in total. The fourth-order valence-electron chi connectivity index (χ4n) is 4.31. The minimum Gasteiger partial charge on any atom is -0.404 e. The molecule has 0 unspecified atom stereocenters. The van der Waals surface area contributed by atoms with Crippen molar-refractivity contribution in [1.82, 2.24) is 0 Å². The second-order valence-electron chi connectivity index (χ2n) is 8.41. The first-order chi connectivity index (χ1) is 15.8. The first kappa shape index (κ1) is 24.4. The second-order valence-corrected chi connectivity index (χ2v) is 10.7. The lowest BCUT2D eigenvalue weighted by Gasteiger charge is -2.22. The molecule has 0 aliphatic heterocycles. The highest BCUT2D eigenvalue weighted by molar-refractivity contribution is 7.47. The number of hydrogen-bond donors (Lipinski definition) is 4. The largest absolute Gasteiger partial charge is 0.524 e. The Morgan fingerprint density at radius 2 is 1.35 bits per heavy atom. The van der Waals surface area contributed by atoms with Gasteiger partial charge in [-0.1, -0.05) is 42.0 Å². The average Bonchev–Trinajstić information content (AvgIpc) is 3.05. The minimum atomic E-state index is -4.85. The highest BCUT2D eigenvalue weighted by atomic mass is 31.2. The van der Waals surface area contributed by atoms with Gasteiger partial charge < -0.3 is 9.05 Å². The number of phosphoric ester groups is 2. The molecule has 0 aromatic heterocycles. The molecule has 3 aromatic carbocycles. The third-order valence-corrected chi connectivity index (χ3v) is 6.35. The first-order valence-corrected chi connectivity index (χ1v) is 13.4. The van der Waals surface area contributed by atoms with E-state index in [1.54, 1.807) is 19.9 Å². The van der Waals surface area contributed by atoms with Crippen LogP contribution in [0.5, 0.6) is 11.5 Å². The van der Waals surface area contributed by atoms with Crippen LogP contribution in [0.3, 0.4) is 0 Å². The van der Waals surface area contributed by atoms with Gasteiger partial charge in [-0.15, -0.1) is 0 Å². The molecule has 0 amide bonds. The fraction of sp³-hybridized carbons (Fsp3) is 0.167. The van der Waals surface area contributed by atoms with Crippen molar-refractivity contribution in [2.45, 2.75) is 26.7 Å². The quantitative estimate of drug-likeness (QED) is 0.336. The third-order valence-electron chi connectivity index (χ3n) is 5.46. The maximum Gasteiger partial charge on any atom is 0.524 e. The Bertz CT molecular complexity index is 1380. The molecule has 178 valence electrons. The molecule has 1 aliphatic rings.